The molecule has 3 atom stereocenters. The first kappa shape index (κ1) is 5.94. The van der Waals surface area contributed by atoms with Gasteiger partial charge >= 0.3 is 0 Å². The van der Waals surface area contributed by atoms with Gasteiger partial charge in [-0.2, -0.15) is 4.99 Å². The maximum absolute atomic E-state index is 9.14. The third kappa shape index (κ3) is 0.676. The van der Waals surface area contributed by atoms with E-state index in [4.69, 9.17) is 20.3 Å². The molecule has 2 aliphatic heterocycles. The molecular formula is C5H8N2O3. The molecule has 1 fully saturated rings. The highest BCUT2D eigenvalue weighted by atomic mass is 16.6. The molecule has 0 spiro atoms. The van der Waals surface area contributed by atoms with Crippen molar-refractivity contribution < 1.29 is 14.6 Å². The zero-order chi connectivity index (χ0) is 7.14. The van der Waals surface area contributed by atoms with Gasteiger partial charge in [-0.1, -0.05) is 0 Å². The second-order valence-corrected chi connectivity index (χ2v) is 2.34. The van der Waals surface area contributed by atoms with Crippen molar-refractivity contribution in [3.8, 4) is 0 Å². The van der Waals surface area contributed by atoms with E-state index >= 15 is 0 Å². The van der Waals surface area contributed by atoms with E-state index in [0.717, 1.165) is 0 Å². The minimum absolute atomic E-state index is 0.105. The molecule has 0 aliphatic carbocycles. The maximum atomic E-state index is 9.14. The van der Waals surface area contributed by atoms with Crippen LogP contribution in [0.3, 0.4) is 0 Å². The summed E-state index contributed by atoms with van der Waals surface area (Å²) in [5.41, 5.74) is 5.22. The van der Waals surface area contributed by atoms with E-state index in [1.165, 1.54) is 0 Å². The van der Waals surface area contributed by atoms with Crippen LogP contribution in [0, 0.1) is 0 Å². The van der Waals surface area contributed by atoms with Crippen LogP contribution in [0.4, 0.5) is 0 Å². The fraction of sp³-hybridized carbons (Fsp3) is 0.800. The summed E-state index contributed by atoms with van der Waals surface area (Å²) in [4.78, 5) is 3.79. The van der Waals surface area contributed by atoms with E-state index in [2.05, 4.69) is 4.99 Å². The predicted molar refractivity (Wildman–Crippen MR) is 32.2 cm³/mol. The van der Waals surface area contributed by atoms with Crippen molar-refractivity contribution in [1.82, 2.24) is 0 Å². The Balaban J connectivity index is 2.14. The van der Waals surface area contributed by atoms with Crippen LogP contribution in [0.1, 0.15) is 0 Å². The van der Waals surface area contributed by atoms with Gasteiger partial charge in [0, 0.05) is 0 Å². The molecule has 5 heteroatoms. The number of nitrogens with two attached hydrogens (primary N) is 1. The second-order valence-electron chi connectivity index (χ2n) is 2.34. The Hall–Kier alpha value is -0.810. The summed E-state index contributed by atoms with van der Waals surface area (Å²) in [5, 5.41) is 9.14. The molecule has 0 radical (unpaired) electrons. The van der Waals surface area contributed by atoms with Crippen LogP contribution in [-0.4, -0.2) is 36.2 Å². The molecule has 3 N–H and O–H groups in total. The van der Waals surface area contributed by atoms with Crippen LogP contribution in [0.25, 0.3) is 0 Å². The summed E-state index contributed by atoms with van der Waals surface area (Å²) in [5.74, 6) is 0. The van der Waals surface area contributed by atoms with Gasteiger partial charge in [0.2, 0.25) is 0 Å². The number of aliphatic imine (C=N–C) groups is 1. The van der Waals surface area contributed by atoms with E-state index in [-0.39, 0.29) is 25.0 Å². The average molecular weight is 144 g/mol. The monoisotopic (exact) mass is 144 g/mol. The molecule has 10 heavy (non-hydrogen) atoms. The summed E-state index contributed by atoms with van der Waals surface area (Å²) >= 11 is 0. The third-order valence-corrected chi connectivity index (χ3v) is 1.61. The zero-order valence-corrected chi connectivity index (χ0v) is 5.23. The van der Waals surface area contributed by atoms with Gasteiger partial charge in [-0.15, -0.1) is 0 Å². The van der Waals surface area contributed by atoms with Crippen molar-refractivity contribution in [2.75, 3.05) is 6.61 Å². The molecule has 56 valence electrons. The standard InChI is InChI=1S/C5H8N2O3/c6-5-7-4-3(10-5)2(8)1-9-4/h2-4,8H,1H2,(H2,6,7)/t2-,3+,4+/m1/s1. The van der Waals surface area contributed by atoms with Crippen LogP contribution in [0.5, 0.6) is 0 Å². The van der Waals surface area contributed by atoms with Crippen LogP contribution in [0.15, 0.2) is 4.99 Å². The summed E-state index contributed by atoms with van der Waals surface area (Å²) in [6, 6.07) is 0.105. The van der Waals surface area contributed by atoms with E-state index < -0.39 is 6.10 Å². The molecule has 2 rings (SSSR count). The topological polar surface area (TPSA) is 77.1 Å². The lowest BCUT2D eigenvalue weighted by atomic mass is 10.2. The Kier molecular flexibility index (Phi) is 1.09. The number of amidine groups is 1. The number of hydrogen-bond acceptors (Lipinski definition) is 5. The predicted octanol–water partition coefficient (Wildman–Crippen LogP) is -1.58. The van der Waals surface area contributed by atoms with E-state index in [1.807, 2.05) is 0 Å². The SMILES string of the molecule is NC1=N[C@H]2OC[C@@H](O)[C@@H]2O1. The van der Waals surface area contributed by atoms with Crippen LogP contribution < -0.4 is 5.73 Å². The van der Waals surface area contributed by atoms with Crippen LogP contribution in [-0.2, 0) is 9.47 Å². The highest BCUT2D eigenvalue weighted by Crippen LogP contribution is 2.22. The first-order valence-corrected chi connectivity index (χ1v) is 3.07. The molecule has 0 amide bonds. The van der Waals surface area contributed by atoms with Gasteiger partial charge in [0.1, 0.15) is 6.10 Å². The number of nitrogens with zero attached hydrogens (tertiary/aromatic N) is 1. The van der Waals surface area contributed by atoms with E-state index in [1.54, 1.807) is 0 Å². The number of fused-ring (bicyclic) bond motifs is 1. The summed E-state index contributed by atoms with van der Waals surface area (Å²) in [7, 11) is 0. The van der Waals surface area contributed by atoms with Gasteiger partial charge in [0.25, 0.3) is 6.02 Å². The Morgan fingerprint density at radius 1 is 1.70 bits per heavy atom. The molecule has 0 saturated carbocycles. The first-order chi connectivity index (χ1) is 4.77. The highest BCUT2D eigenvalue weighted by Gasteiger charge is 2.42. The fourth-order valence-electron chi connectivity index (χ4n) is 1.12. The molecule has 2 heterocycles. The molecule has 0 bridgehead atoms. The van der Waals surface area contributed by atoms with Gasteiger partial charge in [0.15, 0.2) is 12.3 Å². The summed E-state index contributed by atoms with van der Waals surface area (Å²) in [6.45, 7) is 0.284. The molecule has 0 aromatic heterocycles. The van der Waals surface area contributed by atoms with Gasteiger partial charge in [-0.3, -0.25) is 0 Å². The van der Waals surface area contributed by atoms with Crippen LogP contribution >= 0.6 is 0 Å². The second kappa shape index (κ2) is 1.83. The average Bonchev–Trinajstić information content (AvgIpc) is 2.35. The van der Waals surface area contributed by atoms with E-state index in [0.29, 0.717) is 0 Å². The number of hydrogen-bond donors (Lipinski definition) is 2. The van der Waals surface area contributed by atoms with Crippen LogP contribution in [0.2, 0.25) is 0 Å². The van der Waals surface area contributed by atoms with Crippen molar-refractivity contribution in [2.24, 2.45) is 10.7 Å². The lowest BCUT2D eigenvalue weighted by Crippen LogP contribution is -2.30. The van der Waals surface area contributed by atoms with Crippen molar-refractivity contribution in [1.29, 1.82) is 0 Å². The molecule has 5 nitrogen and oxygen atoms in total. The van der Waals surface area contributed by atoms with Crippen molar-refractivity contribution in [3.63, 3.8) is 0 Å². The lowest BCUT2D eigenvalue weighted by molar-refractivity contribution is 0.0615. The Morgan fingerprint density at radius 2 is 2.50 bits per heavy atom. The van der Waals surface area contributed by atoms with Crippen molar-refractivity contribution in [3.05, 3.63) is 0 Å². The molecule has 1 saturated heterocycles. The Bertz CT molecular complexity index is 182. The molecular weight excluding hydrogens is 136 g/mol. The minimum Gasteiger partial charge on any atom is -0.454 e. The number of aliphatic hydroxyl groups excluding tert-OH is 1. The zero-order valence-electron chi connectivity index (χ0n) is 5.23. The summed E-state index contributed by atoms with van der Waals surface area (Å²) in [6.07, 6.45) is -1.34. The third-order valence-electron chi connectivity index (χ3n) is 1.61. The molecule has 2 aliphatic rings. The quantitative estimate of drug-likeness (QED) is 0.430. The lowest BCUT2D eigenvalue weighted by Gasteiger charge is -2.08. The van der Waals surface area contributed by atoms with Gasteiger partial charge in [-0.05, 0) is 0 Å². The smallest absolute Gasteiger partial charge is 0.285 e. The minimum atomic E-state index is -0.588. The van der Waals surface area contributed by atoms with Gasteiger partial charge in [0.05, 0.1) is 6.61 Å². The Labute approximate surface area is 57.4 Å². The first-order valence-electron chi connectivity index (χ1n) is 3.07. The molecule has 0 aromatic rings. The maximum Gasteiger partial charge on any atom is 0.285 e. The summed E-state index contributed by atoms with van der Waals surface area (Å²) < 4.78 is 9.97. The van der Waals surface area contributed by atoms with Crippen molar-refractivity contribution in [2.45, 2.75) is 18.4 Å². The van der Waals surface area contributed by atoms with Gasteiger partial charge in [-0.25, -0.2) is 0 Å². The number of rotatable bonds is 0. The number of ether oxygens (including phenoxy) is 2. The van der Waals surface area contributed by atoms with Gasteiger partial charge < -0.3 is 20.3 Å². The van der Waals surface area contributed by atoms with E-state index in [9.17, 15) is 0 Å². The van der Waals surface area contributed by atoms with Crippen molar-refractivity contribution >= 4 is 6.02 Å². The highest BCUT2D eigenvalue weighted by molar-refractivity contribution is 5.73. The normalized spacial score (nSPS) is 44.5. The Morgan fingerprint density at radius 3 is 3.20 bits per heavy atom. The molecule has 0 aromatic carbocycles. The number of aliphatic hydroxyl groups is 1. The largest absolute Gasteiger partial charge is 0.454 e. The molecule has 0 unspecified atom stereocenters. The fourth-order valence-corrected chi connectivity index (χ4v) is 1.12.